The van der Waals surface area contributed by atoms with E-state index in [4.69, 9.17) is 0 Å². The van der Waals surface area contributed by atoms with Crippen LogP contribution in [0.15, 0.2) is 24.3 Å². The van der Waals surface area contributed by atoms with Gasteiger partial charge in [-0.15, -0.1) is 0 Å². The average Bonchev–Trinajstić information content (AvgIpc) is 2.27. The van der Waals surface area contributed by atoms with E-state index in [2.05, 4.69) is 22.6 Å². The van der Waals surface area contributed by atoms with Gasteiger partial charge in [-0.1, -0.05) is 13.2 Å². The molecule has 104 valence electrons. The van der Waals surface area contributed by atoms with E-state index in [0.717, 1.165) is 0 Å². The molecule has 0 bridgehead atoms. The smallest absolute Gasteiger partial charge is 0.343 e. The Morgan fingerprint density at radius 1 is 1.00 bits per heavy atom. The molecule has 19 heavy (non-hydrogen) atoms. The minimum Gasteiger partial charge on any atom is -0.390 e. The van der Waals surface area contributed by atoms with Crippen molar-refractivity contribution in [3.8, 4) is 0 Å². The molecule has 0 aromatic heterocycles. The lowest BCUT2D eigenvalue weighted by molar-refractivity contribution is -0.169. The van der Waals surface area contributed by atoms with Gasteiger partial charge in [-0.2, -0.15) is 0 Å². The predicted molar refractivity (Wildman–Crippen MR) is 62.4 cm³/mol. The number of esters is 4. The first-order valence-electron chi connectivity index (χ1n) is 5.15. The van der Waals surface area contributed by atoms with Gasteiger partial charge in [0.2, 0.25) is 0 Å². The van der Waals surface area contributed by atoms with Crippen molar-refractivity contribution in [1.29, 1.82) is 0 Å². The van der Waals surface area contributed by atoms with Crippen molar-refractivity contribution in [2.75, 3.05) is 0 Å². The van der Waals surface area contributed by atoms with Crippen LogP contribution in [0.4, 0.5) is 0 Å². The Morgan fingerprint density at radius 3 is 1.84 bits per heavy atom. The third-order valence-corrected chi connectivity index (χ3v) is 1.73. The second kappa shape index (κ2) is 7.22. The number of aliphatic hydroxyl groups is 1. The van der Waals surface area contributed by atoms with Crippen LogP contribution in [0.3, 0.4) is 0 Å². The van der Waals surface area contributed by atoms with E-state index in [0.29, 0.717) is 0 Å². The third-order valence-electron chi connectivity index (χ3n) is 1.73. The summed E-state index contributed by atoms with van der Waals surface area (Å²) in [5.41, 5.74) is -0.0523. The molecule has 0 aromatic rings. The zero-order valence-corrected chi connectivity index (χ0v) is 10.6. The first kappa shape index (κ1) is 16.7. The largest absolute Gasteiger partial charge is 0.390 e. The van der Waals surface area contributed by atoms with Gasteiger partial charge < -0.3 is 14.6 Å². The van der Waals surface area contributed by atoms with Crippen LogP contribution in [0, 0.1) is 0 Å². The maximum Gasteiger partial charge on any atom is 0.343 e. The van der Waals surface area contributed by atoms with Gasteiger partial charge in [-0.25, -0.2) is 14.4 Å². The summed E-state index contributed by atoms with van der Waals surface area (Å²) in [7, 11) is 0. The summed E-state index contributed by atoms with van der Waals surface area (Å²) in [5.74, 6) is -4.45. The Labute approximate surface area is 109 Å². The van der Waals surface area contributed by atoms with Crippen LogP contribution in [0.2, 0.25) is 0 Å². The van der Waals surface area contributed by atoms with E-state index in [1.165, 1.54) is 13.8 Å². The summed E-state index contributed by atoms with van der Waals surface area (Å²) < 4.78 is 8.43. The maximum atomic E-state index is 11.2. The highest BCUT2D eigenvalue weighted by Crippen LogP contribution is 2.02. The summed E-state index contributed by atoms with van der Waals surface area (Å²) in [6.07, 6.45) is -2.73. The molecule has 0 fully saturated rings. The third kappa shape index (κ3) is 6.27. The molecule has 7 nitrogen and oxygen atoms in total. The van der Waals surface area contributed by atoms with E-state index >= 15 is 0 Å². The quantitative estimate of drug-likeness (QED) is 0.426. The van der Waals surface area contributed by atoms with E-state index in [1.54, 1.807) is 0 Å². The Kier molecular flexibility index (Phi) is 6.35. The number of aliphatic hydroxyl groups excluding tert-OH is 1. The molecular formula is C12H14O7. The van der Waals surface area contributed by atoms with Gasteiger partial charge in [0.05, 0.1) is 6.42 Å². The molecule has 1 N–H and O–H groups in total. The molecule has 7 heteroatoms. The number of carbonyl (C=O) groups is 4. The molecule has 0 radical (unpaired) electrons. The van der Waals surface area contributed by atoms with E-state index in [9.17, 15) is 24.3 Å². The first-order valence-corrected chi connectivity index (χ1v) is 5.15. The molecule has 0 aliphatic heterocycles. The van der Waals surface area contributed by atoms with Crippen molar-refractivity contribution in [3.05, 3.63) is 24.3 Å². The standard InChI is InChI=1S/C12H14O7/c1-6(2)10(15)18-9(14)5-8(13)12(17)19-11(16)7(3)4/h8,13H,1,3,5H2,2,4H3. The molecule has 0 aliphatic carbocycles. The van der Waals surface area contributed by atoms with Crippen molar-refractivity contribution < 1.29 is 33.8 Å². The molecule has 0 spiro atoms. The molecule has 0 aliphatic rings. The van der Waals surface area contributed by atoms with Crippen LogP contribution < -0.4 is 0 Å². The van der Waals surface area contributed by atoms with Crippen molar-refractivity contribution in [2.45, 2.75) is 26.4 Å². The SMILES string of the molecule is C=C(C)C(=O)OC(=O)CC(O)C(=O)OC(=O)C(=C)C. The van der Waals surface area contributed by atoms with Gasteiger partial charge in [-0.3, -0.25) is 4.79 Å². The summed E-state index contributed by atoms with van der Waals surface area (Å²) >= 11 is 0. The average molecular weight is 270 g/mol. The molecular weight excluding hydrogens is 256 g/mol. The van der Waals surface area contributed by atoms with Gasteiger partial charge in [0, 0.05) is 11.1 Å². The number of ether oxygens (including phenoxy) is 2. The number of carbonyl (C=O) groups excluding carboxylic acids is 4. The van der Waals surface area contributed by atoms with E-state index < -0.39 is 36.4 Å². The van der Waals surface area contributed by atoms with Crippen LogP contribution >= 0.6 is 0 Å². The van der Waals surface area contributed by atoms with Crippen LogP contribution in [0.1, 0.15) is 20.3 Å². The Morgan fingerprint density at radius 2 is 1.42 bits per heavy atom. The number of hydrogen-bond acceptors (Lipinski definition) is 7. The highest BCUT2D eigenvalue weighted by Gasteiger charge is 2.25. The lowest BCUT2D eigenvalue weighted by atomic mass is 10.2. The Bertz CT molecular complexity index is 447. The second-order valence-corrected chi connectivity index (χ2v) is 3.75. The number of hydrogen-bond donors (Lipinski definition) is 1. The van der Waals surface area contributed by atoms with Crippen molar-refractivity contribution in [2.24, 2.45) is 0 Å². The van der Waals surface area contributed by atoms with Gasteiger partial charge in [0.25, 0.3) is 0 Å². The monoisotopic (exact) mass is 270 g/mol. The fourth-order valence-corrected chi connectivity index (χ4v) is 0.720. The molecule has 0 aromatic carbocycles. The van der Waals surface area contributed by atoms with Gasteiger partial charge in [0.1, 0.15) is 0 Å². The summed E-state index contributed by atoms with van der Waals surface area (Å²) in [6.45, 7) is 9.11. The van der Waals surface area contributed by atoms with Crippen LogP contribution in [-0.2, 0) is 28.7 Å². The lowest BCUT2D eigenvalue weighted by Gasteiger charge is -2.08. The fraction of sp³-hybridized carbons (Fsp3) is 0.333. The topological polar surface area (TPSA) is 107 Å². The summed E-state index contributed by atoms with van der Waals surface area (Å²) in [4.78, 5) is 44.2. The first-order chi connectivity index (χ1) is 8.65. The minimum atomic E-state index is -1.91. The van der Waals surface area contributed by atoms with Crippen molar-refractivity contribution >= 4 is 23.9 Å². The number of rotatable bonds is 5. The van der Waals surface area contributed by atoms with Gasteiger partial charge >= 0.3 is 23.9 Å². The lowest BCUT2D eigenvalue weighted by Crippen LogP contribution is -2.29. The Balaban J connectivity index is 4.33. The molecule has 1 unspecified atom stereocenters. The normalized spacial score (nSPS) is 11.1. The highest BCUT2D eigenvalue weighted by molar-refractivity contribution is 5.99. The second-order valence-electron chi connectivity index (χ2n) is 3.75. The van der Waals surface area contributed by atoms with E-state index in [1.807, 2.05) is 0 Å². The Hall–Kier alpha value is -2.28. The zero-order chi connectivity index (χ0) is 15.2. The molecule has 1 atom stereocenters. The van der Waals surface area contributed by atoms with Crippen LogP contribution in [-0.4, -0.2) is 35.1 Å². The van der Waals surface area contributed by atoms with Crippen LogP contribution in [0.25, 0.3) is 0 Å². The fourth-order valence-electron chi connectivity index (χ4n) is 0.720. The molecule has 0 saturated carbocycles. The van der Waals surface area contributed by atoms with E-state index in [-0.39, 0.29) is 11.1 Å². The van der Waals surface area contributed by atoms with Gasteiger partial charge in [-0.05, 0) is 13.8 Å². The van der Waals surface area contributed by atoms with Crippen molar-refractivity contribution in [1.82, 2.24) is 0 Å². The van der Waals surface area contributed by atoms with Crippen LogP contribution in [0.5, 0.6) is 0 Å². The van der Waals surface area contributed by atoms with Gasteiger partial charge in [0.15, 0.2) is 6.10 Å². The maximum absolute atomic E-state index is 11.2. The highest BCUT2D eigenvalue weighted by atomic mass is 16.6. The molecule has 0 heterocycles. The minimum absolute atomic E-state index is 0.0112. The predicted octanol–water partition coefficient (Wildman–Crippen LogP) is 0.0292. The summed E-state index contributed by atoms with van der Waals surface area (Å²) in [6, 6.07) is 0. The molecule has 0 rings (SSSR count). The summed E-state index contributed by atoms with van der Waals surface area (Å²) in [5, 5.41) is 9.28. The van der Waals surface area contributed by atoms with Crippen molar-refractivity contribution in [3.63, 3.8) is 0 Å². The molecule has 0 saturated heterocycles. The zero-order valence-electron chi connectivity index (χ0n) is 10.6. The molecule has 0 amide bonds.